The molecule has 1 aromatic heterocycles. The maximum atomic E-state index is 5.26. The number of thiazole rings is 1. The summed E-state index contributed by atoms with van der Waals surface area (Å²) >= 11 is 1.82. The molecule has 0 aromatic carbocycles. The standard InChI is InChI=1S/C15H29N3OS/c1-6-18(7-2)9-8-15-17-13(11-19-5)14(20-15)10-16-12(3)4/h12,16H,6-11H2,1-5H3. The van der Waals surface area contributed by atoms with Crippen molar-refractivity contribution in [2.75, 3.05) is 26.7 Å². The van der Waals surface area contributed by atoms with Crippen LogP contribution in [0, 0.1) is 0 Å². The first-order chi connectivity index (χ1) is 9.60. The first-order valence-electron chi connectivity index (χ1n) is 7.52. The second-order valence-corrected chi connectivity index (χ2v) is 6.39. The summed E-state index contributed by atoms with van der Waals surface area (Å²) in [4.78, 5) is 8.49. The van der Waals surface area contributed by atoms with Gasteiger partial charge in [-0.25, -0.2) is 4.98 Å². The largest absolute Gasteiger partial charge is 0.378 e. The molecule has 0 radical (unpaired) electrons. The van der Waals surface area contributed by atoms with Gasteiger partial charge in [0.25, 0.3) is 0 Å². The molecule has 1 aromatic rings. The molecule has 20 heavy (non-hydrogen) atoms. The van der Waals surface area contributed by atoms with Crippen LogP contribution in [0.2, 0.25) is 0 Å². The molecule has 0 bridgehead atoms. The summed E-state index contributed by atoms with van der Waals surface area (Å²) in [5.41, 5.74) is 1.10. The third-order valence-electron chi connectivity index (χ3n) is 3.31. The highest BCUT2D eigenvalue weighted by molar-refractivity contribution is 7.11. The number of nitrogens with one attached hydrogen (secondary N) is 1. The van der Waals surface area contributed by atoms with Crippen molar-refractivity contribution in [3.05, 3.63) is 15.6 Å². The van der Waals surface area contributed by atoms with Gasteiger partial charge < -0.3 is 15.0 Å². The Bertz CT molecular complexity index is 375. The fraction of sp³-hybridized carbons (Fsp3) is 0.800. The van der Waals surface area contributed by atoms with E-state index in [2.05, 4.69) is 37.9 Å². The van der Waals surface area contributed by atoms with Gasteiger partial charge in [0.1, 0.15) is 0 Å². The lowest BCUT2D eigenvalue weighted by Crippen LogP contribution is -2.25. The Balaban J connectivity index is 2.64. The number of nitrogens with zero attached hydrogens (tertiary/aromatic N) is 2. The van der Waals surface area contributed by atoms with E-state index in [-0.39, 0.29) is 0 Å². The highest BCUT2D eigenvalue weighted by Gasteiger charge is 2.12. The lowest BCUT2D eigenvalue weighted by Gasteiger charge is -2.16. The van der Waals surface area contributed by atoms with Gasteiger partial charge in [0.15, 0.2) is 0 Å². The molecule has 0 fully saturated rings. The minimum atomic E-state index is 0.492. The molecule has 1 N–H and O–H groups in total. The summed E-state index contributed by atoms with van der Waals surface area (Å²) in [6.07, 6.45) is 1.03. The summed E-state index contributed by atoms with van der Waals surface area (Å²) in [6.45, 7) is 13.5. The third kappa shape index (κ3) is 5.87. The summed E-state index contributed by atoms with van der Waals surface area (Å²) < 4.78 is 5.26. The normalized spacial score (nSPS) is 11.8. The highest BCUT2D eigenvalue weighted by Crippen LogP contribution is 2.20. The lowest BCUT2D eigenvalue weighted by atomic mass is 10.3. The van der Waals surface area contributed by atoms with E-state index in [1.165, 1.54) is 9.88 Å². The van der Waals surface area contributed by atoms with E-state index in [1.54, 1.807) is 7.11 Å². The van der Waals surface area contributed by atoms with Gasteiger partial charge in [0.05, 0.1) is 17.3 Å². The molecule has 0 unspecified atom stereocenters. The molecule has 1 heterocycles. The number of likely N-dealkylation sites (N-methyl/N-ethyl adjacent to an activating group) is 1. The second-order valence-electron chi connectivity index (χ2n) is 5.22. The smallest absolute Gasteiger partial charge is 0.0945 e. The number of ether oxygens (including phenoxy) is 1. The van der Waals surface area contributed by atoms with Crippen molar-refractivity contribution in [2.24, 2.45) is 0 Å². The summed E-state index contributed by atoms with van der Waals surface area (Å²) in [5, 5.41) is 4.69. The Morgan fingerprint density at radius 2 is 2.00 bits per heavy atom. The third-order valence-corrected chi connectivity index (χ3v) is 4.47. The van der Waals surface area contributed by atoms with Crippen LogP contribution < -0.4 is 5.32 Å². The molecule has 0 aliphatic heterocycles. The maximum Gasteiger partial charge on any atom is 0.0945 e. The van der Waals surface area contributed by atoms with Crippen LogP contribution >= 0.6 is 11.3 Å². The maximum absolute atomic E-state index is 5.26. The van der Waals surface area contributed by atoms with Gasteiger partial charge in [-0.15, -0.1) is 11.3 Å². The highest BCUT2D eigenvalue weighted by atomic mass is 32.1. The van der Waals surface area contributed by atoms with Gasteiger partial charge in [-0.05, 0) is 13.1 Å². The Kier molecular flexibility index (Phi) is 8.30. The van der Waals surface area contributed by atoms with Gasteiger partial charge in [-0.2, -0.15) is 0 Å². The average molecular weight is 299 g/mol. The molecule has 0 aliphatic rings. The van der Waals surface area contributed by atoms with E-state index in [4.69, 9.17) is 9.72 Å². The Hall–Kier alpha value is -0.490. The second kappa shape index (κ2) is 9.45. The van der Waals surface area contributed by atoms with E-state index >= 15 is 0 Å². The van der Waals surface area contributed by atoms with Crippen LogP contribution in [0.25, 0.3) is 0 Å². The fourth-order valence-electron chi connectivity index (χ4n) is 2.02. The number of methoxy groups -OCH3 is 1. The van der Waals surface area contributed by atoms with E-state index < -0.39 is 0 Å². The average Bonchev–Trinajstić information content (AvgIpc) is 2.80. The van der Waals surface area contributed by atoms with Crippen LogP contribution in [-0.4, -0.2) is 42.7 Å². The number of hydrogen-bond acceptors (Lipinski definition) is 5. The predicted molar refractivity (Wildman–Crippen MR) is 86.3 cm³/mol. The van der Waals surface area contributed by atoms with Crippen molar-refractivity contribution in [3.8, 4) is 0 Å². The fourth-order valence-corrected chi connectivity index (χ4v) is 3.03. The number of hydrogen-bond donors (Lipinski definition) is 1. The molecule has 0 spiro atoms. The van der Waals surface area contributed by atoms with Crippen LogP contribution in [0.3, 0.4) is 0 Å². The van der Waals surface area contributed by atoms with Crippen LogP contribution in [0.5, 0.6) is 0 Å². The molecule has 5 heteroatoms. The van der Waals surface area contributed by atoms with Gasteiger partial charge in [-0.3, -0.25) is 0 Å². The van der Waals surface area contributed by atoms with Gasteiger partial charge >= 0.3 is 0 Å². The molecular formula is C15H29N3OS. The van der Waals surface area contributed by atoms with Crippen molar-refractivity contribution in [3.63, 3.8) is 0 Å². The van der Waals surface area contributed by atoms with Gasteiger partial charge in [-0.1, -0.05) is 27.7 Å². The summed E-state index contributed by atoms with van der Waals surface area (Å²) in [7, 11) is 1.73. The monoisotopic (exact) mass is 299 g/mol. The van der Waals surface area contributed by atoms with E-state index in [0.717, 1.165) is 38.3 Å². The predicted octanol–water partition coefficient (Wildman–Crippen LogP) is 2.67. The van der Waals surface area contributed by atoms with Crippen molar-refractivity contribution < 1.29 is 4.74 Å². The minimum Gasteiger partial charge on any atom is -0.378 e. The zero-order valence-corrected chi connectivity index (χ0v) is 14.3. The molecular weight excluding hydrogens is 270 g/mol. The van der Waals surface area contributed by atoms with E-state index in [0.29, 0.717) is 12.6 Å². The Morgan fingerprint density at radius 1 is 1.30 bits per heavy atom. The van der Waals surface area contributed by atoms with Crippen LogP contribution in [0.1, 0.15) is 43.3 Å². The van der Waals surface area contributed by atoms with Crippen LogP contribution in [0.4, 0.5) is 0 Å². The zero-order valence-electron chi connectivity index (χ0n) is 13.5. The van der Waals surface area contributed by atoms with E-state index in [1.807, 2.05) is 11.3 Å². The molecule has 0 aliphatic carbocycles. The van der Waals surface area contributed by atoms with Crippen molar-refractivity contribution >= 4 is 11.3 Å². The lowest BCUT2D eigenvalue weighted by molar-refractivity contribution is 0.181. The van der Waals surface area contributed by atoms with Crippen molar-refractivity contribution in [2.45, 2.75) is 53.3 Å². The first kappa shape index (κ1) is 17.6. The molecule has 0 atom stereocenters. The summed E-state index contributed by atoms with van der Waals surface area (Å²) in [5.74, 6) is 0. The van der Waals surface area contributed by atoms with Crippen LogP contribution in [0.15, 0.2) is 0 Å². The summed E-state index contributed by atoms with van der Waals surface area (Å²) in [6, 6.07) is 0.492. The molecule has 1 rings (SSSR count). The minimum absolute atomic E-state index is 0.492. The molecule has 116 valence electrons. The molecule has 0 saturated carbocycles. The zero-order chi connectivity index (χ0) is 15.0. The van der Waals surface area contributed by atoms with Gasteiger partial charge in [0, 0.05) is 37.5 Å². The molecule has 4 nitrogen and oxygen atoms in total. The topological polar surface area (TPSA) is 37.4 Å². The first-order valence-corrected chi connectivity index (χ1v) is 8.34. The van der Waals surface area contributed by atoms with Gasteiger partial charge in [0.2, 0.25) is 0 Å². The van der Waals surface area contributed by atoms with Crippen molar-refractivity contribution in [1.29, 1.82) is 0 Å². The molecule has 0 saturated heterocycles. The Labute approximate surface area is 127 Å². The SMILES string of the molecule is CCN(CC)CCc1nc(COC)c(CNC(C)C)s1. The number of rotatable bonds is 10. The Morgan fingerprint density at radius 3 is 2.55 bits per heavy atom. The quantitative estimate of drug-likeness (QED) is 0.721. The van der Waals surface area contributed by atoms with E-state index in [9.17, 15) is 0 Å². The van der Waals surface area contributed by atoms with Crippen molar-refractivity contribution in [1.82, 2.24) is 15.2 Å². The van der Waals surface area contributed by atoms with Crippen LogP contribution in [-0.2, 0) is 24.3 Å². The number of aromatic nitrogens is 1. The molecule has 0 amide bonds.